The van der Waals surface area contributed by atoms with E-state index in [9.17, 15) is 4.79 Å². The van der Waals surface area contributed by atoms with Crippen molar-refractivity contribution in [3.05, 3.63) is 58.6 Å². The Morgan fingerprint density at radius 2 is 2.10 bits per heavy atom. The Kier molecular flexibility index (Phi) is 5.26. The Morgan fingerprint density at radius 3 is 2.76 bits per heavy atom. The number of nitriles is 1. The quantitative estimate of drug-likeness (QED) is 0.858. The van der Waals surface area contributed by atoms with Crippen LogP contribution in [0.1, 0.15) is 11.1 Å². The van der Waals surface area contributed by atoms with Crippen LogP contribution in [0.3, 0.4) is 0 Å². The van der Waals surface area contributed by atoms with E-state index < -0.39 is 0 Å². The number of carbonyl (C=O) groups excluding carboxylic acids is 1. The van der Waals surface area contributed by atoms with E-state index in [1.54, 1.807) is 18.2 Å². The van der Waals surface area contributed by atoms with Gasteiger partial charge in [0, 0.05) is 10.6 Å². The van der Waals surface area contributed by atoms with E-state index in [4.69, 9.17) is 16.9 Å². The van der Waals surface area contributed by atoms with E-state index >= 15 is 0 Å². The van der Waals surface area contributed by atoms with E-state index in [0.29, 0.717) is 22.0 Å². The third-order valence-electron chi connectivity index (χ3n) is 2.83. The second-order valence-electron chi connectivity index (χ2n) is 4.41. The van der Waals surface area contributed by atoms with Crippen LogP contribution in [0.2, 0.25) is 5.02 Å². The summed E-state index contributed by atoms with van der Waals surface area (Å²) in [4.78, 5) is 13.0. The van der Waals surface area contributed by atoms with Crippen LogP contribution in [0.15, 0.2) is 47.4 Å². The number of aryl methyl sites for hydroxylation is 1. The summed E-state index contributed by atoms with van der Waals surface area (Å²) in [7, 11) is 0. The number of benzene rings is 2. The summed E-state index contributed by atoms with van der Waals surface area (Å²) in [5.74, 6) is 0.215. The van der Waals surface area contributed by atoms with Crippen LogP contribution < -0.4 is 5.32 Å². The predicted octanol–water partition coefficient (Wildman–Crippen LogP) is 4.25. The lowest BCUT2D eigenvalue weighted by atomic mass is 10.2. The molecule has 0 radical (unpaired) electrons. The van der Waals surface area contributed by atoms with Gasteiger partial charge in [-0.25, -0.2) is 0 Å². The lowest BCUT2D eigenvalue weighted by Crippen LogP contribution is -2.14. The zero-order valence-corrected chi connectivity index (χ0v) is 13.0. The Hall–Kier alpha value is -1.96. The lowest BCUT2D eigenvalue weighted by Gasteiger charge is -2.07. The second-order valence-corrected chi connectivity index (χ2v) is 5.83. The summed E-state index contributed by atoms with van der Waals surface area (Å²) in [5, 5.41) is 11.9. The van der Waals surface area contributed by atoms with Crippen LogP contribution in [0, 0.1) is 18.3 Å². The normalized spacial score (nSPS) is 9.95. The number of anilines is 1. The number of carbonyl (C=O) groups is 1. The highest BCUT2D eigenvalue weighted by Gasteiger charge is 2.07. The van der Waals surface area contributed by atoms with E-state index in [1.807, 2.05) is 37.3 Å². The molecule has 3 nitrogen and oxygen atoms in total. The fraction of sp³-hybridized carbons (Fsp3) is 0.125. The van der Waals surface area contributed by atoms with Crippen LogP contribution in [0.25, 0.3) is 0 Å². The number of nitrogens with one attached hydrogen (secondary N) is 1. The van der Waals surface area contributed by atoms with Gasteiger partial charge in [-0.05, 0) is 36.8 Å². The van der Waals surface area contributed by atoms with Crippen molar-refractivity contribution < 1.29 is 4.79 Å². The van der Waals surface area contributed by atoms with Crippen molar-refractivity contribution >= 4 is 35.0 Å². The van der Waals surface area contributed by atoms with Crippen LogP contribution >= 0.6 is 23.4 Å². The summed E-state index contributed by atoms with van der Waals surface area (Å²) >= 11 is 7.42. The highest BCUT2D eigenvalue weighted by atomic mass is 35.5. The first-order valence-electron chi connectivity index (χ1n) is 6.28. The molecule has 2 rings (SSSR count). The van der Waals surface area contributed by atoms with Crippen molar-refractivity contribution in [1.29, 1.82) is 5.26 Å². The molecule has 0 saturated carbocycles. The van der Waals surface area contributed by atoms with Crippen molar-refractivity contribution in [3.8, 4) is 6.07 Å². The second kappa shape index (κ2) is 7.16. The zero-order valence-electron chi connectivity index (χ0n) is 11.4. The third-order valence-corrected chi connectivity index (χ3v) is 4.31. The SMILES string of the molecule is Cc1ccccc1SCC(=O)Nc1ccc(C#N)c(Cl)c1. The molecule has 0 heterocycles. The van der Waals surface area contributed by atoms with Gasteiger partial charge in [-0.3, -0.25) is 4.79 Å². The number of hydrogen-bond acceptors (Lipinski definition) is 3. The van der Waals surface area contributed by atoms with Gasteiger partial charge < -0.3 is 5.32 Å². The molecule has 2 aromatic carbocycles. The number of nitrogens with zero attached hydrogens (tertiary/aromatic N) is 1. The molecule has 0 unspecified atom stereocenters. The minimum Gasteiger partial charge on any atom is -0.325 e. The van der Waals surface area contributed by atoms with Gasteiger partial charge in [-0.2, -0.15) is 5.26 Å². The van der Waals surface area contributed by atoms with Gasteiger partial charge in [0.2, 0.25) is 5.91 Å². The van der Waals surface area contributed by atoms with E-state index in [-0.39, 0.29) is 5.91 Å². The van der Waals surface area contributed by atoms with E-state index in [1.165, 1.54) is 11.8 Å². The summed E-state index contributed by atoms with van der Waals surface area (Å²) in [6.45, 7) is 2.01. The topological polar surface area (TPSA) is 52.9 Å². The Bertz CT molecular complexity index is 710. The first kappa shape index (κ1) is 15.4. The van der Waals surface area contributed by atoms with Crippen LogP contribution in [-0.4, -0.2) is 11.7 Å². The number of halogens is 1. The van der Waals surface area contributed by atoms with Gasteiger partial charge in [0.25, 0.3) is 0 Å². The van der Waals surface area contributed by atoms with Crippen molar-refractivity contribution in [1.82, 2.24) is 0 Å². The fourth-order valence-corrected chi connectivity index (χ4v) is 2.79. The summed E-state index contributed by atoms with van der Waals surface area (Å²) in [6, 6.07) is 14.7. The average Bonchev–Trinajstić information content (AvgIpc) is 2.46. The smallest absolute Gasteiger partial charge is 0.234 e. The Labute approximate surface area is 132 Å². The van der Waals surface area contributed by atoms with Gasteiger partial charge in [0.05, 0.1) is 16.3 Å². The number of thioether (sulfide) groups is 1. The fourth-order valence-electron chi connectivity index (χ4n) is 1.74. The first-order chi connectivity index (χ1) is 10.1. The molecule has 0 aliphatic carbocycles. The van der Waals surface area contributed by atoms with E-state index in [2.05, 4.69) is 5.32 Å². The molecule has 0 aliphatic heterocycles. The number of amides is 1. The standard InChI is InChI=1S/C16H13ClN2OS/c1-11-4-2-3-5-15(11)21-10-16(20)19-13-7-6-12(9-18)14(17)8-13/h2-8H,10H2,1H3,(H,19,20). The van der Waals surface area contributed by atoms with Gasteiger partial charge >= 0.3 is 0 Å². The van der Waals surface area contributed by atoms with Gasteiger partial charge in [-0.1, -0.05) is 29.8 Å². The molecular weight excluding hydrogens is 304 g/mol. The predicted molar refractivity (Wildman–Crippen MR) is 86.7 cm³/mol. The minimum absolute atomic E-state index is 0.107. The van der Waals surface area contributed by atoms with Crippen molar-refractivity contribution in [2.75, 3.05) is 11.1 Å². The zero-order chi connectivity index (χ0) is 15.2. The Balaban J connectivity index is 1.95. The lowest BCUT2D eigenvalue weighted by molar-refractivity contribution is -0.113. The molecule has 21 heavy (non-hydrogen) atoms. The molecule has 0 aliphatic rings. The van der Waals surface area contributed by atoms with Crippen LogP contribution in [0.4, 0.5) is 5.69 Å². The maximum absolute atomic E-state index is 11.9. The molecule has 0 fully saturated rings. The molecule has 1 amide bonds. The summed E-state index contributed by atoms with van der Waals surface area (Å²) < 4.78 is 0. The van der Waals surface area contributed by atoms with Gasteiger partial charge in [0.1, 0.15) is 6.07 Å². The largest absolute Gasteiger partial charge is 0.325 e. The molecule has 0 aromatic heterocycles. The van der Waals surface area contributed by atoms with Gasteiger partial charge in [0.15, 0.2) is 0 Å². The summed E-state index contributed by atoms with van der Waals surface area (Å²) in [5.41, 5.74) is 2.13. The molecule has 0 spiro atoms. The van der Waals surface area contributed by atoms with Crippen molar-refractivity contribution in [2.24, 2.45) is 0 Å². The third kappa shape index (κ3) is 4.25. The van der Waals surface area contributed by atoms with Gasteiger partial charge in [-0.15, -0.1) is 11.8 Å². The average molecular weight is 317 g/mol. The summed E-state index contributed by atoms with van der Waals surface area (Å²) in [6.07, 6.45) is 0. The molecule has 0 bridgehead atoms. The van der Waals surface area contributed by atoms with Crippen LogP contribution in [0.5, 0.6) is 0 Å². The highest BCUT2D eigenvalue weighted by molar-refractivity contribution is 8.00. The molecule has 5 heteroatoms. The van der Waals surface area contributed by atoms with Crippen LogP contribution in [-0.2, 0) is 4.79 Å². The molecular formula is C16H13ClN2OS. The van der Waals surface area contributed by atoms with Crippen molar-refractivity contribution in [3.63, 3.8) is 0 Å². The number of rotatable bonds is 4. The number of hydrogen-bond donors (Lipinski definition) is 1. The first-order valence-corrected chi connectivity index (χ1v) is 7.64. The maximum Gasteiger partial charge on any atom is 0.234 e. The molecule has 2 aromatic rings. The highest BCUT2D eigenvalue weighted by Crippen LogP contribution is 2.23. The maximum atomic E-state index is 11.9. The Morgan fingerprint density at radius 1 is 1.33 bits per heavy atom. The molecule has 0 atom stereocenters. The van der Waals surface area contributed by atoms with E-state index in [0.717, 1.165) is 10.5 Å². The molecule has 0 saturated heterocycles. The monoisotopic (exact) mass is 316 g/mol. The molecule has 106 valence electrons. The van der Waals surface area contributed by atoms with Crippen molar-refractivity contribution in [2.45, 2.75) is 11.8 Å². The minimum atomic E-state index is -0.107. The molecule has 1 N–H and O–H groups in total.